The molecule has 1 aliphatic carbocycles. The Kier molecular flexibility index (Phi) is 8.40. The lowest BCUT2D eigenvalue weighted by Crippen LogP contribution is -2.53. The third-order valence-electron chi connectivity index (χ3n) is 10.8. The molecule has 2 aliphatic heterocycles. The Balaban J connectivity index is 1.12. The predicted octanol–water partition coefficient (Wildman–Crippen LogP) is 6.15. The van der Waals surface area contributed by atoms with Gasteiger partial charge in [-0.3, -0.25) is 23.6 Å². The van der Waals surface area contributed by atoms with Gasteiger partial charge in [-0.25, -0.2) is 14.8 Å². The lowest BCUT2D eigenvalue weighted by molar-refractivity contribution is -0.125. The van der Waals surface area contributed by atoms with Crippen LogP contribution >= 0.6 is 23.2 Å². The van der Waals surface area contributed by atoms with E-state index < -0.39 is 11.2 Å². The first kappa shape index (κ1) is 33.4. The number of anilines is 2. The van der Waals surface area contributed by atoms with Gasteiger partial charge in [0, 0.05) is 68.1 Å². The van der Waals surface area contributed by atoms with Crippen molar-refractivity contribution >= 4 is 51.5 Å². The summed E-state index contributed by atoms with van der Waals surface area (Å²) < 4.78 is 8.41. The minimum Gasteiger partial charge on any atom is -0.481 e. The molecule has 0 bridgehead atoms. The third kappa shape index (κ3) is 5.58. The molecule has 2 aromatic carbocycles. The van der Waals surface area contributed by atoms with Crippen LogP contribution in [0.5, 0.6) is 5.88 Å². The number of amides is 1. The fourth-order valence-corrected chi connectivity index (χ4v) is 8.85. The Morgan fingerprint density at radius 1 is 0.961 bits per heavy atom. The molecule has 11 nitrogen and oxygen atoms in total. The van der Waals surface area contributed by atoms with Crippen molar-refractivity contribution in [1.82, 2.24) is 29.3 Å². The van der Waals surface area contributed by atoms with Crippen LogP contribution < -0.4 is 26.6 Å². The Bertz CT molecular complexity index is 2370. The second-order valence-electron chi connectivity index (χ2n) is 13.8. The molecule has 3 aromatic heterocycles. The van der Waals surface area contributed by atoms with Gasteiger partial charge >= 0.3 is 5.69 Å². The number of rotatable bonds is 6. The number of ether oxygens (including phenoxy) is 1. The smallest absolute Gasteiger partial charge is 0.330 e. The van der Waals surface area contributed by atoms with E-state index in [4.69, 9.17) is 32.9 Å². The average molecular weight is 727 g/mol. The van der Waals surface area contributed by atoms with Crippen LogP contribution in [-0.2, 0) is 25.3 Å². The molecule has 2 saturated heterocycles. The van der Waals surface area contributed by atoms with Gasteiger partial charge in [0.15, 0.2) is 0 Å². The van der Waals surface area contributed by atoms with Crippen molar-refractivity contribution < 1.29 is 9.53 Å². The van der Waals surface area contributed by atoms with E-state index in [0.717, 1.165) is 60.9 Å². The van der Waals surface area contributed by atoms with Gasteiger partial charge in [0.2, 0.25) is 11.8 Å². The number of carbonyl (C=O) groups is 1. The number of methoxy groups -OCH3 is 1. The maximum Gasteiger partial charge on any atom is 0.330 e. The summed E-state index contributed by atoms with van der Waals surface area (Å²) in [5.41, 5.74) is 5.11. The van der Waals surface area contributed by atoms with Crippen LogP contribution in [0.15, 0.2) is 64.3 Å². The topological polar surface area (TPSA) is 123 Å². The van der Waals surface area contributed by atoms with E-state index in [1.807, 2.05) is 30.3 Å². The van der Waals surface area contributed by atoms with Crippen LogP contribution in [0.2, 0.25) is 10.0 Å². The SMILES string of the molecule is COc1nc(-c2cccc(-c3cccc(Nc4nccc5c4c(=O)n(C)c(=O)n5C)c3Cl)c2Cl)cc2c1[C@@H](N1CC[C@@]3(CCCC(=O)N3)C1)CC2. The van der Waals surface area contributed by atoms with Gasteiger partial charge in [-0.2, -0.15) is 0 Å². The molecular weight excluding hydrogens is 689 g/mol. The molecule has 2 N–H and O–H groups in total. The molecule has 1 spiro atoms. The standard InChI is InChI=1S/C38H37Cl2N7O4/c1-45-27-14-17-41-34(31(27)36(49)46(2)37(45)50)42-25-10-5-8-23(33(25)40)22-7-4-9-24(32(22)39)26-19-21-12-13-28(30(21)35(43-26)51-3)47-18-16-38(20-47)15-6-11-29(48)44-38/h4-5,7-10,14,17,19,28H,6,11-13,15-16,18,20H2,1-3H3,(H,41,42)(H,44,48)/t28-,38-/m0/s1. The summed E-state index contributed by atoms with van der Waals surface area (Å²) in [6, 6.07) is 15.2. The summed E-state index contributed by atoms with van der Waals surface area (Å²) in [7, 11) is 4.71. The maximum absolute atomic E-state index is 13.2. The molecule has 1 amide bonds. The Morgan fingerprint density at radius 3 is 2.51 bits per heavy atom. The molecule has 5 heterocycles. The summed E-state index contributed by atoms with van der Waals surface area (Å²) in [5.74, 6) is 1.03. The van der Waals surface area contributed by atoms with Crippen molar-refractivity contribution in [2.24, 2.45) is 14.1 Å². The number of likely N-dealkylation sites (tertiary alicyclic amines) is 1. The molecule has 2 atom stereocenters. The number of piperidine rings is 1. The second kappa shape index (κ2) is 12.8. The van der Waals surface area contributed by atoms with Crippen LogP contribution in [0.1, 0.15) is 49.3 Å². The van der Waals surface area contributed by atoms with E-state index in [1.54, 1.807) is 32.5 Å². The first-order valence-corrected chi connectivity index (χ1v) is 17.9. The number of nitrogens with one attached hydrogen (secondary N) is 2. The number of aryl methyl sites for hydroxylation is 2. The second-order valence-corrected chi connectivity index (χ2v) is 14.5. The third-order valence-corrected chi connectivity index (χ3v) is 11.6. The Morgan fingerprint density at radius 2 is 1.73 bits per heavy atom. The van der Waals surface area contributed by atoms with Crippen molar-refractivity contribution in [3.05, 3.63) is 96.7 Å². The van der Waals surface area contributed by atoms with Crippen molar-refractivity contribution in [2.75, 3.05) is 25.5 Å². The highest BCUT2D eigenvalue weighted by Crippen LogP contribution is 2.47. The largest absolute Gasteiger partial charge is 0.481 e. The highest BCUT2D eigenvalue weighted by Gasteiger charge is 2.45. The molecular formula is C38H37Cl2N7O4. The normalized spacial score (nSPS) is 20.2. The molecule has 0 saturated carbocycles. The van der Waals surface area contributed by atoms with Gasteiger partial charge in [0.05, 0.1) is 39.6 Å². The number of aromatic nitrogens is 4. The summed E-state index contributed by atoms with van der Waals surface area (Å²) in [5, 5.41) is 7.68. The van der Waals surface area contributed by atoms with E-state index in [-0.39, 0.29) is 28.7 Å². The van der Waals surface area contributed by atoms with E-state index in [1.165, 1.54) is 17.2 Å². The van der Waals surface area contributed by atoms with Crippen molar-refractivity contribution in [3.63, 3.8) is 0 Å². The van der Waals surface area contributed by atoms with Crippen LogP contribution in [0.25, 0.3) is 33.3 Å². The summed E-state index contributed by atoms with van der Waals surface area (Å²) >= 11 is 14.2. The number of halogens is 2. The monoisotopic (exact) mass is 725 g/mol. The predicted molar refractivity (Wildman–Crippen MR) is 199 cm³/mol. The zero-order valence-corrected chi connectivity index (χ0v) is 30.1. The first-order chi connectivity index (χ1) is 24.6. The molecule has 2 fully saturated rings. The number of pyridine rings is 2. The van der Waals surface area contributed by atoms with E-state index in [9.17, 15) is 14.4 Å². The number of benzene rings is 2. The number of hydrogen-bond donors (Lipinski definition) is 2. The Hall–Kier alpha value is -4.71. The van der Waals surface area contributed by atoms with Crippen LogP contribution in [0.4, 0.5) is 11.5 Å². The molecule has 3 aliphatic rings. The summed E-state index contributed by atoms with van der Waals surface area (Å²) in [6.45, 7) is 1.76. The molecule has 51 heavy (non-hydrogen) atoms. The molecule has 262 valence electrons. The van der Waals surface area contributed by atoms with E-state index in [0.29, 0.717) is 50.4 Å². The molecule has 8 rings (SSSR count). The quantitative estimate of drug-likeness (QED) is 0.214. The fourth-order valence-electron chi connectivity index (χ4n) is 8.25. The minimum absolute atomic E-state index is 0.136. The van der Waals surface area contributed by atoms with Gasteiger partial charge in [-0.05, 0) is 55.9 Å². The van der Waals surface area contributed by atoms with Crippen LogP contribution in [0.3, 0.4) is 0 Å². The maximum atomic E-state index is 13.2. The highest BCUT2D eigenvalue weighted by molar-refractivity contribution is 6.39. The van der Waals surface area contributed by atoms with Gasteiger partial charge in [-0.15, -0.1) is 0 Å². The molecule has 13 heteroatoms. The fraction of sp³-hybridized carbons (Fsp3) is 0.342. The van der Waals surface area contributed by atoms with Crippen molar-refractivity contribution in [3.8, 4) is 28.3 Å². The van der Waals surface area contributed by atoms with Crippen molar-refractivity contribution in [1.29, 1.82) is 0 Å². The van der Waals surface area contributed by atoms with E-state index >= 15 is 0 Å². The summed E-state index contributed by atoms with van der Waals surface area (Å²) in [4.78, 5) is 49.9. The lowest BCUT2D eigenvalue weighted by Gasteiger charge is -2.35. The van der Waals surface area contributed by atoms with Crippen LogP contribution in [-0.4, -0.2) is 55.6 Å². The zero-order chi connectivity index (χ0) is 35.6. The molecule has 0 unspecified atom stereocenters. The van der Waals surface area contributed by atoms with Crippen LogP contribution in [0, 0.1) is 0 Å². The highest BCUT2D eigenvalue weighted by atomic mass is 35.5. The summed E-state index contributed by atoms with van der Waals surface area (Å²) in [6.07, 6.45) is 6.91. The lowest BCUT2D eigenvalue weighted by atomic mass is 9.88. The number of fused-ring (bicyclic) bond motifs is 2. The minimum atomic E-state index is -0.461. The molecule has 5 aromatic rings. The van der Waals surface area contributed by atoms with Gasteiger partial charge in [-0.1, -0.05) is 53.5 Å². The van der Waals surface area contributed by atoms with E-state index in [2.05, 4.69) is 26.6 Å². The number of nitrogens with zero attached hydrogens (tertiary/aromatic N) is 5. The molecule has 0 radical (unpaired) electrons. The first-order valence-electron chi connectivity index (χ1n) is 17.1. The van der Waals surface area contributed by atoms with Gasteiger partial charge < -0.3 is 15.4 Å². The number of carbonyl (C=O) groups excluding carboxylic acids is 1. The average Bonchev–Trinajstić information content (AvgIpc) is 3.74. The van der Waals surface area contributed by atoms with Crippen molar-refractivity contribution in [2.45, 2.75) is 50.1 Å². The van der Waals surface area contributed by atoms with Gasteiger partial charge in [0.1, 0.15) is 11.2 Å². The number of hydrogen-bond acceptors (Lipinski definition) is 8. The zero-order valence-electron chi connectivity index (χ0n) is 28.6. The Labute approximate surface area is 304 Å². The van der Waals surface area contributed by atoms with Gasteiger partial charge in [0.25, 0.3) is 5.56 Å².